The van der Waals surface area contributed by atoms with Crippen molar-refractivity contribution in [2.24, 2.45) is 11.3 Å². The Balaban J connectivity index is 2.01. The number of nitrogens with zero attached hydrogens (tertiary/aromatic N) is 1. The van der Waals surface area contributed by atoms with Crippen molar-refractivity contribution in [2.45, 2.75) is 39.2 Å². The molecule has 14 heavy (non-hydrogen) atoms. The van der Waals surface area contributed by atoms with Crippen molar-refractivity contribution in [3.05, 3.63) is 0 Å². The molecule has 1 aliphatic carbocycles. The molecule has 2 N–H and O–H groups in total. The van der Waals surface area contributed by atoms with E-state index in [0.717, 1.165) is 13.0 Å². The van der Waals surface area contributed by atoms with Crippen molar-refractivity contribution in [3.63, 3.8) is 0 Å². The third kappa shape index (κ3) is 4.08. The SMILES string of the molecule is CC(C)(C#N)CCNCC(O)C1CC1. The Morgan fingerprint density at radius 3 is 2.71 bits per heavy atom. The average molecular weight is 196 g/mol. The molecule has 1 fully saturated rings. The van der Waals surface area contributed by atoms with Crippen LogP contribution in [0, 0.1) is 22.7 Å². The fraction of sp³-hybridized carbons (Fsp3) is 0.909. The zero-order valence-corrected chi connectivity index (χ0v) is 9.08. The maximum absolute atomic E-state index is 9.55. The van der Waals surface area contributed by atoms with Crippen LogP contribution in [-0.2, 0) is 0 Å². The van der Waals surface area contributed by atoms with Gasteiger partial charge in [0.15, 0.2) is 0 Å². The minimum absolute atomic E-state index is 0.180. The number of nitriles is 1. The molecule has 0 radical (unpaired) electrons. The number of aliphatic hydroxyl groups excluding tert-OH is 1. The largest absolute Gasteiger partial charge is 0.392 e. The molecule has 80 valence electrons. The van der Waals surface area contributed by atoms with Crippen LogP contribution in [0.25, 0.3) is 0 Å². The number of hydrogen-bond acceptors (Lipinski definition) is 3. The van der Waals surface area contributed by atoms with Crippen molar-refractivity contribution < 1.29 is 5.11 Å². The van der Waals surface area contributed by atoms with Gasteiger partial charge >= 0.3 is 0 Å². The Morgan fingerprint density at radius 1 is 1.57 bits per heavy atom. The van der Waals surface area contributed by atoms with Gasteiger partial charge in [-0.2, -0.15) is 5.26 Å². The topological polar surface area (TPSA) is 56.0 Å². The van der Waals surface area contributed by atoms with Gasteiger partial charge in [0.25, 0.3) is 0 Å². The Bertz CT molecular complexity index is 216. The summed E-state index contributed by atoms with van der Waals surface area (Å²) in [6.45, 7) is 5.36. The van der Waals surface area contributed by atoms with Crippen molar-refractivity contribution >= 4 is 0 Å². The fourth-order valence-corrected chi connectivity index (χ4v) is 1.35. The predicted molar refractivity (Wildman–Crippen MR) is 55.6 cm³/mol. The van der Waals surface area contributed by atoms with Crippen LogP contribution in [0.3, 0.4) is 0 Å². The van der Waals surface area contributed by atoms with Crippen LogP contribution in [-0.4, -0.2) is 24.3 Å². The van der Waals surface area contributed by atoms with Gasteiger partial charge in [0.1, 0.15) is 0 Å². The van der Waals surface area contributed by atoms with Crippen LogP contribution in [0.4, 0.5) is 0 Å². The van der Waals surface area contributed by atoms with Gasteiger partial charge in [-0.05, 0) is 45.6 Å². The minimum Gasteiger partial charge on any atom is -0.392 e. The summed E-state index contributed by atoms with van der Waals surface area (Å²) in [7, 11) is 0. The minimum atomic E-state index is -0.252. The van der Waals surface area contributed by atoms with Crippen LogP contribution in [0.15, 0.2) is 0 Å². The van der Waals surface area contributed by atoms with Crippen LogP contribution < -0.4 is 5.32 Å². The van der Waals surface area contributed by atoms with Gasteiger partial charge in [0.2, 0.25) is 0 Å². The van der Waals surface area contributed by atoms with E-state index in [1.807, 2.05) is 13.8 Å². The highest BCUT2D eigenvalue weighted by molar-refractivity contribution is 4.92. The molecule has 1 atom stereocenters. The van der Waals surface area contributed by atoms with Crippen molar-refractivity contribution in [1.82, 2.24) is 5.32 Å². The van der Waals surface area contributed by atoms with E-state index in [1.165, 1.54) is 12.8 Å². The molecule has 1 aliphatic rings. The highest BCUT2D eigenvalue weighted by atomic mass is 16.3. The standard InChI is InChI=1S/C11H20N2O/c1-11(2,8-12)5-6-13-7-10(14)9-3-4-9/h9-10,13-14H,3-7H2,1-2H3. The molecule has 3 heteroatoms. The first-order valence-corrected chi connectivity index (χ1v) is 5.35. The van der Waals surface area contributed by atoms with Crippen molar-refractivity contribution in [3.8, 4) is 6.07 Å². The van der Waals surface area contributed by atoms with E-state index in [2.05, 4.69) is 11.4 Å². The highest BCUT2D eigenvalue weighted by Gasteiger charge is 2.29. The molecule has 0 aromatic rings. The van der Waals surface area contributed by atoms with Gasteiger partial charge < -0.3 is 10.4 Å². The molecule has 0 heterocycles. The highest BCUT2D eigenvalue weighted by Crippen LogP contribution is 2.32. The molecule has 1 rings (SSSR count). The lowest BCUT2D eigenvalue weighted by molar-refractivity contribution is 0.148. The zero-order valence-electron chi connectivity index (χ0n) is 9.08. The van der Waals surface area contributed by atoms with Gasteiger partial charge in [-0.15, -0.1) is 0 Å². The fourth-order valence-electron chi connectivity index (χ4n) is 1.35. The Labute approximate surface area is 86.1 Å². The molecule has 0 saturated heterocycles. The van der Waals surface area contributed by atoms with E-state index in [0.29, 0.717) is 12.5 Å². The first-order valence-electron chi connectivity index (χ1n) is 5.35. The molecule has 0 spiro atoms. The van der Waals surface area contributed by atoms with Gasteiger partial charge in [-0.3, -0.25) is 0 Å². The lowest BCUT2D eigenvalue weighted by atomic mass is 9.91. The molecule has 0 amide bonds. The summed E-state index contributed by atoms with van der Waals surface area (Å²) in [6.07, 6.45) is 3.00. The monoisotopic (exact) mass is 196 g/mol. The van der Waals surface area contributed by atoms with Gasteiger partial charge in [-0.25, -0.2) is 0 Å². The Kier molecular flexibility index (Phi) is 3.91. The lowest BCUT2D eigenvalue weighted by Gasteiger charge is -2.16. The quantitative estimate of drug-likeness (QED) is 0.629. The second-order valence-corrected chi connectivity index (χ2v) is 4.85. The maximum atomic E-state index is 9.55. The van der Waals surface area contributed by atoms with Crippen LogP contribution in [0.2, 0.25) is 0 Å². The summed E-state index contributed by atoms with van der Waals surface area (Å²) in [5.74, 6) is 0.534. The number of nitrogens with one attached hydrogen (secondary N) is 1. The number of hydrogen-bond donors (Lipinski definition) is 2. The van der Waals surface area contributed by atoms with E-state index in [1.54, 1.807) is 0 Å². The van der Waals surface area contributed by atoms with E-state index in [9.17, 15) is 5.11 Å². The molecule has 1 saturated carbocycles. The predicted octanol–water partition coefficient (Wildman–Crippen LogP) is 1.29. The number of rotatable bonds is 6. The lowest BCUT2D eigenvalue weighted by Crippen LogP contribution is -2.30. The van der Waals surface area contributed by atoms with Gasteiger partial charge in [0, 0.05) is 6.54 Å². The Morgan fingerprint density at radius 2 is 2.21 bits per heavy atom. The molecule has 0 aromatic heterocycles. The maximum Gasteiger partial charge on any atom is 0.0692 e. The summed E-state index contributed by atoms with van der Waals surface area (Å²) in [6, 6.07) is 2.26. The van der Waals surface area contributed by atoms with Gasteiger partial charge in [-0.1, -0.05) is 0 Å². The molecular weight excluding hydrogens is 176 g/mol. The van der Waals surface area contributed by atoms with Crippen LogP contribution in [0.5, 0.6) is 0 Å². The Hall–Kier alpha value is -0.590. The molecule has 1 unspecified atom stereocenters. The summed E-state index contributed by atoms with van der Waals surface area (Å²) in [5, 5.41) is 21.5. The average Bonchev–Trinajstić information content (AvgIpc) is 2.95. The second-order valence-electron chi connectivity index (χ2n) is 4.85. The summed E-state index contributed by atoms with van der Waals surface area (Å²) >= 11 is 0. The molecule has 0 aliphatic heterocycles. The molecule has 0 aromatic carbocycles. The first-order chi connectivity index (χ1) is 6.55. The van der Waals surface area contributed by atoms with Crippen LogP contribution in [0.1, 0.15) is 33.1 Å². The zero-order chi connectivity index (χ0) is 10.6. The van der Waals surface area contributed by atoms with E-state index in [-0.39, 0.29) is 11.5 Å². The van der Waals surface area contributed by atoms with E-state index < -0.39 is 0 Å². The van der Waals surface area contributed by atoms with Gasteiger partial charge in [0.05, 0.1) is 17.6 Å². The smallest absolute Gasteiger partial charge is 0.0692 e. The first kappa shape index (κ1) is 11.5. The van der Waals surface area contributed by atoms with E-state index in [4.69, 9.17) is 5.26 Å². The summed E-state index contributed by atoms with van der Waals surface area (Å²) in [4.78, 5) is 0. The molecular formula is C11H20N2O. The third-order valence-corrected chi connectivity index (χ3v) is 2.75. The summed E-state index contributed by atoms with van der Waals surface area (Å²) in [5.41, 5.74) is -0.252. The van der Waals surface area contributed by atoms with Crippen molar-refractivity contribution in [2.75, 3.05) is 13.1 Å². The van der Waals surface area contributed by atoms with E-state index >= 15 is 0 Å². The molecule has 0 bridgehead atoms. The second kappa shape index (κ2) is 4.77. The van der Waals surface area contributed by atoms with Crippen LogP contribution >= 0.6 is 0 Å². The van der Waals surface area contributed by atoms with Crippen molar-refractivity contribution in [1.29, 1.82) is 5.26 Å². The normalized spacial score (nSPS) is 19.0. The third-order valence-electron chi connectivity index (χ3n) is 2.75. The number of aliphatic hydroxyl groups is 1. The molecule has 3 nitrogen and oxygen atoms in total. The summed E-state index contributed by atoms with van der Waals surface area (Å²) < 4.78 is 0.